The highest BCUT2D eigenvalue weighted by Crippen LogP contribution is 2.40. The van der Waals surface area contributed by atoms with Crippen LogP contribution in [0, 0.1) is 6.92 Å². The van der Waals surface area contributed by atoms with Gasteiger partial charge in [-0.1, -0.05) is 17.3 Å². The highest BCUT2D eigenvalue weighted by atomic mass is 32.2. The third-order valence-corrected chi connectivity index (χ3v) is 5.76. The van der Waals surface area contributed by atoms with Crippen LogP contribution in [0.3, 0.4) is 0 Å². The quantitative estimate of drug-likeness (QED) is 0.651. The van der Waals surface area contributed by atoms with Crippen LogP contribution in [0.15, 0.2) is 39.8 Å². The Labute approximate surface area is 162 Å². The van der Waals surface area contributed by atoms with E-state index in [1.165, 1.54) is 12.1 Å². The second kappa shape index (κ2) is 6.99. The first-order valence-corrected chi connectivity index (χ1v) is 10.5. The molecule has 0 bridgehead atoms. The molecule has 146 valence electrons. The summed E-state index contributed by atoms with van der Waals surface area (Å²) in [4.78, 5) is 17.3. The van der Waals surface area contributed by atoms with E-state index < -0.39 is 10.0 Å². The zero-order valence-corrected chi connectivity index (χ0v) is 16.1. The molecule has 28 heavy (non-hydrogen) atoms. The summed E-state index contributed by atoms with van der Waals surface area (Å²) in [5.74, 6) is 0.181. The maximum atomic E-state index is 12.8. The SMILES string of the molecule is Cc1noc2nc(C3CC3)cc(C(=O)NCCc3ccc(S(N)(=O)=O)cc3)c12. The Kier molecular flexibility index (Phi) is 4.64. The van der Waals surface area contributed by atoms with Gasteiger partial charge in [0.15, 0.2) is 0 Å². The highest BCUT2D eigenvalue weighted by Gasteiger charge is 2.28. The molecule has 2 heterocycles. The van der Waals surface area contributed by atoms with Gasteiger partial charge >= 0.3 is 0 Å². The van der Waals surface area contributed by atoms with E-state index in [0.29, 0.717) is 41.2 Å². The molecule has 0 atom stereocenters. The van der Waals surface area contributed by atoms with Gasteiger partial charge in [0.05, 0.1) is 21.5 Å². The number of nitrogens with one attached hydrogen (secondary N) is 1. The van der Waals surface area contributed by atoms with Crippen molar-refractivity contribution in [2.45, 2.75) is 37.0 Å². The van der Waals surface area contributed by atoms with Crippen LogP contribution in [0.5, 0.6) is 0 Å². The van der Waals surface area contributed by atoms with E-state index in [2.05, 4.69) is 15.5 Å². The minimum atomic E-state index is -3.71. The number of hydrogen-bond acceptors (Lipinski definition) is 6. The lowest BCUT2D eigenvalue weighted by molar-refractivity contribution is 0.0955. The van der Waals surface area contributed by atoms with Crippen LogP contribution in [0.1, 0.15) is 46.1 Å². The average Bonchev–Trinajstić information content (AvgIpc) is 3.44. The predicted molar refractivity (Wildman–Crippen MR) is 102 cm³/mol. The molecule has 3 aromatic rings. The minimum absolute atomic E-state index is 0.0648. The van der Waals surface area contributed by atoms with E-state index in [4.69, 9.17) is 9.66 Å². The van der Waals surface area contributed by atoms with Crippen LogP contribution in [-0.2, 0) is 16.4 Å². The van der Waals surface area contributed by atoms with E-state index in [9.17, 15) is 13.2 Å². The van der Waals surface area contributed by atoms with Crippen LogP contribution in [0.4, 0.5) is 0 Å². The Hall–Kier alpha value is -2.78. The summed E-state index contributed by atoms with van der Waals surface area (Å²) in [7, 11) is -3.71. The van der Waals surface area contributed by atoms with E-state index in [0.717, 1.165) is 24.1 Å². The van der Waals surface area contributed by atoms with Gasteiger partial charge < -0.3 is 9.84 Å². The summed E-state index contributed by atoms with van der Waals surface area (Å²) in [6.07, 6.45) is 2.70. The average molecular weight is 400 g/mol. The summed E-state index contributed by atoms with van der Waals surface area (Å²) in [6, 6.07) is 8.13. The largest absolute Gasteiger partial charge is 0.352 e. The van der Waals surface area contributed by atoms with Crippen molar-refractivity contribution in [2.24, 2.45) is 5.14 Å². The van der Waals surface area contributed by atoms with Gasteiger partial charge in [0.1, 0.15) is 0 Å². The Balaban J connectivity index is 1.47. The first-order chi connectivity index (χ1) is 13.3. The molecule has 0 saturated heterocycles. The van der Waals surface area contributed by atoms with E-state index in [-0.39, 0.29) is 10.8 Å². The lowest BCUT2D eigenvalue weighted by Gasteiger charge is -2.08. The zero-order valence-electron chi connectivity index (χ0n) is 15.3. The summed E-state index contributed by atoms with van der Waals surface area (Å²) in [6.45, 7) is 2.19. The molecule has 1 aliphatic carbocycles. The third-order valence-electron chi connectivity index (χ3n) is 4.83. The van der Waals surface area contributed by atoms with Crippen molar-refractivity contribution < 1.29 is 17.7 Å². The number of nitrogens with zero attached hydrogens (tertiary/aromatic N) is 2. The Morgan fingerprint density at radius 2 is 2.00 bits per heavy atom. The fourth-order valence-corrected chi connectivity index (χ4v) is 3.66. The summed E-state index contributed by atoms with van der Waals surface area (Å²) < 4.78 is 27.9. The number of nitrogens with two attached hydrogens (primary N) is 1. The first kappa shape index (κ1) is 18.6. The number of sulfonamides is 1. The minimum Gasteiger partial charge on any atom is -0.352 e. The molecule has 0 aliphatic heterocycles. The standard InChI is InChI=1S/C19H20N4O4S/c1-11-17-15(10-16(13-4-5-13)22-19(17)27-23-11)18(24)21-9-8-12-2-6-14(7-3-12)28(20,25)26/h2-3,6-7,10,13H,4-5,8-9H2,1H3,(H,21,24)(H2,20,25,26). The number of benzene rings is 1. The molecule has 1 amide bonds. The second-order valence-electron chi connectivity index (χ2n) is 7.01. The maximum Gasteiger partial charge on any atom is 0.259 e. The monoisotopic (exact) mass is 400 g/mol. The molecule has 0 unspecified atom stereocenters. The molecular formula is C19H20N4O4S. The van der Waals surface area contributed by atoms with Crippen molar-refractivity contribution in [2.75, 3.05) is 6.54 Å². The van der Waals surface area contributed by atoms with Crippen molar-refractivity contribution >= 4 is 27.0 Å². The number of amides is 1. The normalized spacial score (nSPS) is 14.4. The van der Waals surface area contributed by atoms with Gasteiger partial charge in [0.25, 0.3) is 11.6 Å². The van der Waals surface area contributed by atoms with Crippen molar-refractivity contribution in [1.82, 2.24) is 15.5 Å². The molecule has 3 N–H and O–H groups in total. The molecule has 2 aromatic heterocycles. The zero-order chi connectivity index (χ0) is 19.9. The van der Waals surface area contributed by atoms with Gasteiger partial charge in [-0.2, -0.15) is 0 Å². The molecule has 1 saturated carbocycles. The lowest BCUT2D eigenvalue weighted by atomic mass is 10.1. The van der Waals surface area contributed by atoms with Crippen molar-refractivity contribution in [1.29, 1.82) is 0 Å². The van der Waals surface area contributed by atoms with Crippen molar-refractivity contribution in [3.8, 4) is 0 Å². The molecule has 1 aliphatic rings. The Bertz CT molecular complexity index is 1150. The fraction of sp³-hybridized carbons (Fsp3) is 0.316. The van der Waals surface area contributed by atoms with E-state index in [1.54, 1.807) is 19.1 Å². The number of aromatic nitrogens is 2. The molecule has 1 aromatic carbocycles. The van der Waals surface area contributed by atoms with Gasteiger partial charge in [0.2, 0.25) is 10.0 Å². The molecule has 4 rings (SSSR count). The number of fused-ring (bicyclic) bond motifs is 1. The van der Waals surface area contributed by atoms with Crippen LogP contribution in [-0.4, -0.2) is 31.0 Å². The van der Waals surface area contributed by atoms with Gasteiger partial charge in [-0.05, 0) is 49.9 Å². The van der Waals surface area contributed by atoms with Gasteiger partial charge in [-0.15, -0.1) is 0 Å². The summed E-state index contributed by atoms with van der Waals surface area (Å²) >= 11 is 0. The smallest absolute Gasteiger partial charge is 0.259 e. The molecule has 9 heteroatoms. The third kappa shape index (κ3) is 3.76. The Morgan fingerprint density at radius 3 is 2.64 bits per heavy atom. The number of primary sulfonamides is 1. The number of carbonyl (C=O) groups is 1. The first-order valence-electron chi connectivity index (χ1n) is 9.00. The van der Waals surface area contributed by atoms with Crippen LogP contribution in [0.2, 0.25) is 0 Å². The Morgan fingerprint density at radius 1 is 1.29 bits per heavy atom. The summed E-state index contributed by atoms with van der Waals surface area (Å²) in [5.41, 5.74) is 3.31. The fourth-order valence-electron chi connectivity index (χ4n) is 3.14. The topological polar surface area (TPSA) is 128 Å². The molecule has 0 spiro atoms. The van der Waals surface area contributed by atoms with Gasteiger partial charge in [-0.25, -0.2) is 18.5 Å². The van der Waals surface area contributed by atoms with E-state index >= 15 is 0 Å². The number of hydrogen-bond donors (Lipinski definition) is 2. The number of aryl methyl sites for hydroxylation is 1. The lowest BCUT2D eigenvalue weighted by Crippen LogP contribution is -2.26. The van der Waals surface area contributed by atoms with E-state index in [1.807, 2.05) is 6.07 Å². The number of pyridine rings is 1. The summed E-state index contributed by atoms with van der Waals surface area (Å²) in [5, 5.41) is 12.6. The van der Waals surface area contributed by atoms with Gasteiger partial charge in [0, 0.05) is 18.2 Å². The van der Waals surface area contributed by atoms with Gasteiger partial charge in [-0.3, -0.25) is 4.79 Å². The van der Waals surface area contributed by atoms with Crippen molar-refractivity contribution in [3.05, 3.63) is 52.8 Å². The van der Waals surface area contributed by atoms with Crippen LogP contribution in [0.25, 0.3) is 11.1 Å². The number of rotatable bonds is 6. The maximum absolute atomic E-state index is 12.8. The molecular weight excluding hydrogens is 380 g/mol. The number of carbonyl (C=O) groups excluding carboxylic acids is 1. The van der Waals surface area contributed by atoms with Crippen LogP contribution < -0.4 is 10.5 Å². The van der Waals surface area contributed by atoms with Crippen molar-refractivity contribution in [3.63, 3.8) is 0 Å². The molecule has 0 radical (unpaired) electrons. The molecule has 8 nitrogen and oxygen atoms in total. The van der Waals surface area contributed by atoms with Crippen LogP contribution >= 0.6 is 0 Å². The second-order valence-corrected chi connectivity index (χ2v) is 8.57. The molecule has 1 fully saturated rings. The predicted octanol–water partition coefficient (Wildman–Crippen LogP) is 2.03. The highest BCUT2D eigenvalue weighted by molar-refractivity contribution is 7.89.